The van der Waals surface area contributed by atoms with Crippen molar-refractivity contribution >= 4 is 17.2 Å². The highest BCUT2D eigenvalue weighted by Gasteiger charge is 2.03. The average molecular weight is 209 g/mol. The molecule has 1 aromatic heterocycles. The van der Waals surface area contributed by atoms with Gasteiger partial charge < -0.3 is 0 Å². The van der Waals surface area contributed by atoms with Crippen LogP contribution in [-0.4, -0.2) is 9.36 Å². The Morgan fingerprint density at radius 1 is 1.43 bits per heavy atom. The lowest BCUT2D eigenvalue weighted by Gasteiger charge is -1.98. The molecule has 0 atom stereocenters. The van der Waals surface area contributed by atoms with Crippen molar-refractivity contribution in [3.63, 3.8) is 0 Å². The molecule has 2 aromatic rings. The number of hydrogen-bond acceptors (Lipinski definition) is 4. The van der Waals surface area contributed by atoms with Gasteiger partial charge in [-0.2, -0.15) is 4.37 Å². The normalized spacial score (nSPS) is 10.1. The van der Waals surface area contributed by atoms with E-state index in [0.717, 1.165) is 16.4 Å². The molecule has 1 aromatic carbocycles. The summed E-state index contributed by atoms with van der Waals surface area (Å²) in [5, 5.41) is 0.805. The summed E-state index contributed by atoms with van der Waals surface area (Å²) in [6, 6.07) is 6.99. The maximum atomic E-state index is 12.1. The summed E-state index contributed by atoms with van der Waals surface area (Å²) in [6.45, 7) is 1.83. The zero-order chi connectivity index (χ0) is 9.97. The maximum absolute atomic E-state index is 12.1. The lowest BCUT2D eigenvalue weighted by atomic mass is 10.2. The van der Waals surface area contributed by atoms with Crippen molar-refractivity contribution < 1.29 is 4.48 Å². The van der Waals surface area contributed by atoms with Gasteiger partial charge in [-0.05, 0) is 30.6 Å². The second-order valence-corrected chi connectivity index (χ2v) is 3.57. The zero-order valence-corrected chi connectivity index (χ0v) is 8.31. The molecule has 1 heterocycles. The number of anilines is 1. The Morgan fingerprint density at radius 3 is 2.93 bits per heavy atom. The van der Waals surface area contributed by atoms with E-state index in [0.29, 0.717) is 5.69 Å². The van der Waals surface area contributed by atoms with Crippen LogP contribution < -0.4 is 5.54 Å². The summed E-state index contributed by atoms with van der Waals surface area (Å²) in [5.41, 5.74) is 2.90. The number of rotatable bonds is 2. The van der Waals surface area contributed by atoms with E-state index >= 15 is 0 Å². The fourth-order valence-corrected chi connectivity index (χ4v) is 1.79. The van der Waals surface area contributed by atoms with Gasteiger partial charge in [0.15, 0.2) is 0 Å². The van der Waals surface area contributed by atoms with Gasteiger partial charge in [-0.25, -0.2) is 10.5 Å². The topological polar surface area (TPSA) is 37.8 Å². The Labute approximate surface area is 84.7 Å². The van der Waals surface area contributed by atoms with Crippen LogP contribution in [0.25, 0.3) is 10.6 Å². The zero-order valence-electron chi connectivity index (χ0n) is 7.49. The molecule has 0 fully saturated rings. The summed E-state index contributed by atoms with van der Waals surface area (Å²) in [7, 11) is 0. The minimum atomic E-state index is 0.426. The molecular weight excluding hydrogens is 201 g/mol. The quantitative estimate of drug-likeness (QED) is 0.773. The number of benzene rings is 1. The molecule has 3 nitrogen and oxygen atoms in total. The summed E-state index contributed by atoms with van der Waals surface area (Å²) >= 11 is 1.31. The van der Waals surface area contributed by atoms with Gasteiger partial charge in [-0.3, -0.25) is 0 Å². The predicted octanol–water partition coefficient (Wildman–Crippen LogP) is 2.81. The summed E-state index contributed by atoms with van der Waals surface area (Å²) in [6.07, 6.45) is 0. The molecule has 72 valence electrons. The van der Waals surface area contributed by atoms with Crippen molar-refractivity contribution in [2.45, 2.75) is 6.92 Å². The smallest absolute Gasteiger partial charge is 0.144 e. The Bertz CT molecular complexity index is 441. The number of aryl methyl sites for hydroxylation is 1. The van der Waals surface area contributed by atoms with E-state index in [-0.39, 0.29) is 0 Å². The molecule has 0 spiro atoms. The first kappa shape index (κ1) is 9.08. The van der Waals surface area contributed by atoms with E-state index in [1.54, 1.807) is 23.7 Å². The summed E-state index contributed by atoms with van der Waals surface area (Å²) in [4.78, 5) is 4.21. The number of aromatic nitrogens is 2. The first-order chi connectivity index (χ1) is 6.79. The highest BCUT2D eigenvalue weighted by Crippen LogP contribution is 2.23. The highest BCUT2D eigenvalue weighted by atomic mass is 32.1. The molecule has 5 heteroatoms. The van der Waals surface area contributed by atoms with Crippen molar-refractivity contribution in [3.05, 3.63) is 30.1 Å². The van der Waals surface area contributed by atoms with Gasteiger partial charge in [0, 0.05) is 5.56 Å². The Morgan fingerprint density at radius 2 is 2.29 bits per heavy atom. The van der Waals surface area contributed by atoms with Crippen molar-refractivity contribution in [3.8, 4) is 10.6 Å². The van der Waals surface area contributed by atoms with Crippen LogP contribution in [0.1, 0.15) is 5.82 Å². The number of hydrogen-bond donors (Lipinski definition) is 1. The van der Waals surface area contributed by atoms with Crippen LogP contribution in [-0.2, 0) is 0 Å². The second-order valence-electron chi connectivity index (χ2n) is 2.82. The van der Waals surface area contributed by atoms with Gasteiger partial charge in [-0.15, -0.1) is 4.48 Å². The van der Waals surface area contributed by atoms with E-state index < -0.39 is 0 Å². The molecule has 0 aliphatic heterocycles. The minimum Gasteiger partial charge on any atom is -0.225 e. The van der Waals surface area contributed by atoms with Crippen LogP contribution >= 0.6 is 11.5 Å². The van der Waals surface area contributed by atoms with E-state index in [2.05, 4.69) is 9.36 Å². The number of halogens is 1. The van der Waals surface area contributed by atoms with E-state index in [9.17, 15) is 4.48 Å². The fourth-order valence-electron chi connectivity index (χ4n) is 1.13. The lowest BCUT2D eigenvalue weighted by Crippen LogP contribution is -1.82. The summed E-state index contributed by atoms with van der Waals surface area (Å²) < 4.78 is 16.2. The Balaban J connectivity index is 2.41. The van der Waals surface area contributed by atoms with Crippen molar-refractivity contribution in [2.24, 2.45) is 0 Å². The molecule has 0 saturated heterocycles. The Hall–Kier alpha value is -1.49. The molecule has 0 radical (unpaired) electrons. The van der Waals surface area contributed by atoms with E-state index in [4.69, 9.17) is 0 Å². The van der Waals surface area contributed by atoms with Gasteiger partial charge in [-0.1, -0.05) is 12.1 Å². The molecule has 14 heavy (non-hydrogen) atoms. The van der Waals surface area contributed by atoms with Gasteiger partial charge in [0.1, 0.15) is 10.8 Å². The first-order valence-electron chi connectivity index (χ1n) is 4.07. The molecule has 2 rings (SSSR count). The van der Waals surface area contributed by atoms with Crippen molar-refractivity contribution in [1.29, 1.82) is 0 Å². The van der Waals surface area contributed by atoms with Gasteiger partial charge >= 0.3 is 0 Å². The molecule has 0 bridgehead atoms. The third kappa shape index (κ3) is 1.72. The van der Waals surface area contributed by atoms with Gasteiger partial charge in [0.05, 0.1) is 5.69 Å². The third-order valence-corrected chi connectivity index (χ3v) is 2.60. The van der Waals surface area contributed by atoms with Gasteiger partial charge in [0.25, 0.3) is 0 Å². The molecular formula is C9H8FN3S. The van der Waals surface area contributed by atoms with Crippen LogP contribution in [0.15, 0.2) is 24.3 Å². The largest absolute Gasteiger partial charge is 0.225 e. The van der Waals surface area contributed by atoms with Crippen LogP contribution in [0, 0.1) is 6.92 Å². The first-order valence-corrected chi connectivity index (χ1v) is 4.84. The second kappa shape index (κ2) is 3.71. The Kier molecular flexibility index (Phi) is 2.41. The van der Waals surface area contributed by atoms with Crippen LogP contribution in [0.2, 0.25) is 0 Å². The van der Waals surface area contributed by atoms with Crippen LogP contribution in [0.4, 0.5) is 10.2 Å². The van der Waals surface area contributed by atoms with Crippen molar-refractivity contribution in [2.75, 3.05) is 5.54 Å². The molecule has 0 aliphatic carbocycles. The predicted molar refractivity (Wildman–Crippen MR) is 54.8 cm³/mol. The molecule has 0 aliphatic rings. The summed E-state index contributed by atoms with van der Waals surface area (Å²) in [5.74, 6) is 0.739. The van der Waals surface area contributed by atoms with Crippen molar-refractivity contribution in [1.82, 2.24) is 9.36 Å². The molecule has 0 unspecified atom stereocenters. The standard InChI is InChI=1S/C9H8FN3S/c1-6-11-9(14-13-6)7-3-2-4-8(5-7)12-10/h2-5,12H,1H3. The van der Waals surface area contributed by atoms with E-state index in [1.807, 2.05) is 13.0 Å². The van der Waals surface area contributed by atoms with E-state index in [1.165, 1.54) is 11.5 Å². The monoisotopic (exact) mass is 209 g/mol. The average Bonchev–Trinajstić information content (AvgIpc) is 2.65. The number of nitrogens with zero attached hydrogens (tertiary/aromatic N) is 2. The molecule has 0 saturated carbocycles. The van der Waals surface area contributed by atoms with Crippen LogP contribution in [0.5, 0.6) is 0 Å². The molecule has 1 N–H and O–H groups in total. The number of nitrogens with one attached hydrogen (secondary N) is 1. The van der Waals surface area contributed by atoms with Gasteiger partial charge in [0.2, 0.25) is 0 Å². The maximum Gasteiger partial charge on any atom is 0.144 e. The third-order valence-electron chi connectivity index (χ3n) is 1.75. The minimum absolute atomic E-state index is 0.426. The molecule has 0 amide bonds. The fraction of sp³-hybridized carbons (Fsp3) is 0.111. The highest BCUT2D eigenvalue weighted by molar-refractivity contribution is 7.09. The van der Waals surface area contributed by atoms with Crippen LogP contribution in [0.3, 0.4) is 0 Å². The SMILES string of the molecule is Cc1nsc(-c2cccc(NF)c2)n1. The lowest BCUT2D eigenvalue weighted by molar-refractivity contribution is 0.618.